The Kier molecular flexibility index (Phi) is 13.8. The van der Waals surface area contributed by atoms with E-state index in [-0.39, 0.29) is 23.9 Å². The summed E-state index contributed by atoms with van der Waals surface area (Å²) in [6, 6.07) is 14.4. The number of aliphatic imine (C=N–C) groups is 1. The Morgan fingerprint density at radius 2 is 1.87 bits per heavy atom. The lowest BCUT2D eigenvalue weighted by Gasteiger charge is -2.33. The number of amidine groups is 1. The van der Waals surface area contributed by atoms with Crippen molar-refractivity contribution in [1.82, 2.24) is 10.2 Å². The molecule has 1 saturated heterocycles. The van der Waals surface area contributed by atoms with Gasteiger partial charge in [-0.15, -0.1) is 0 Å². The van der Waals surface area contributed by atoms with Crippen molar-refractivity contribution in [2.45, 2.75) is 64.9 Å². The van der Waals surface area contributed by atoms with Gasteiger partial charge in [0.05, 0.1) is 19.3 Å². The molecule has 0 radical (unpaired) electrons. The van der Waals surface area contributed by atoms with Crippen LogP contribution in [-0.2, 0) is 9.47 Å². The fourth-order valence-electron chi connectivity index (χ4n) is 5.61. The second-order valence-corrected chi connectivity index (χ2v) is 12.2. The maximum absolute atomic E-state index is 13.6. The predicted molar refractivity (Wildman–Crippen MR) is 184 cm³/mol. The van der Waals surface area contributed by atoms with Crippen LogP contribution in [0.5, 0.6) is 5.75 Å². The van der Waals surface area contributed by atoms with Gasteiger partial charge in [-0.05, 0) is 99.1 Å². The molecule has 7 nitrogen and oxygen atoms in total. The van der Waals surface area contributed by atoms with E-state index in [4.69, 9.17) is 14.2 Å². The van der Waals surface area contributed by atoms with Crippen LogP contribution in [0, 0.1) is 11.7 Å². The zero-order chi connectivity index (χ0) is 32.9. The highest BCUT2D eigenvalue weighted by Gasteiger charge is 2.23. The molecule has 0 saturated carbocycles. The van der Waals surface area contributed by atoms with E-state index >= 15 is 0 Å². The van der Waals surface area contributed by atoms with Gasteiger partial charge in [0.1, 0.15) is 23.2 Å². The molecule has 1 heterocycles. The van der Waals surface area contributed by atoms with E-state index in [9.17, 15) is 9.50 Å². The molecule has 0 amide bonds. The van der Waals surface area contributed by atoms with Gasteiger partial charge in [0, 0.05) is 39.2 Å². The number of aliphatic hydroxyl groups is 1. The Morgan fingerprint density at radius 3 is 2.54 bits per heavy atom. The second kappa shape index (κ2) is 18.0. The number of rotatable bonds is 13. The Morgan fingerprint density at radius 1 is 1.11 bits per heavy atom. The molecule has 3 unspecified atom stereocenters. The van der Waals surface area contributed by atoms with Crippen molar-refractivity contribution in [2.24, 2.45) is 10.9 Å². The topological polar surface area (TPSA) is 75.6 Å². The highest BCUT2D eigenvalue weighted by Crippen LogP contribution is 2.25. The average molecular weight is 632 g/mol. The molecule has 1 aliphatic heterocycles. The molecular formula is C38H50FN3O4. The minimum atomic E-state index is -0.854. The van der Waals surface area contributed by atoms with E-state index in [1.165, 1.54) is 19.2 Å². The quantitative estimate of drug-likeness (QED) is 0.0810. The molecule has 0 spiro atoms. The largest absolute Gasteiger partial charge is 0.460 e. The van der Waals surface area contributed by atoms with E-state index in [2.05, 4.69) is 52.5 Å². The molecule has 1 aliphatic carbocycles. The van der Waals surface area contributed by atoms with E-state index in [1.54, 1.807) is 6.07 Å². The molecule has 0 bridgehead atoms. The van der Waals surface area contributed by atoms with Gasteiger partial charge in [0.25, 0.3) is 0 Å². The van der Waals surface area contributed by atoms with Crippen LogP contribution >= 0.6 is 0 Å². The van der Waals surface area contributed by atoms with Crippen molar-refractivity contribution in [3.63, 3.8) is 0 Å². The summed E-state index contributed by atoms with van der Waals surface area (Å²) in [5.41, 5.74) is 3.77. The molecule has 2 aromatic carbocycles. The summed E-state index contributed by atoms with van der Waals surface area (Å²) in [4.78, 5) is 6.89. The summed E-state index contributed by atoms with van der Waals surface area (Å²) in [7, 11) is 3.36. The lowest BCUT2D eigenvalue weighted by Crippen LogP contribution is -2.40. The number of hydrogen-bond donors (Lipinski definition) is 2. The van der Waals surface area contributed by atoms with Crippen molar-refractivity contribution in [2.75, 3.05) is 40.4 Å². The number of hydrogen-bond acceptors (Lipinski definition) is 6. The van der Waals surface area contributed by atoms with Crippen molar-refractivity contribution >= 4 is 5.84 Å². The molecule has 0 aromatic heterocycles. The maximum atomic E-state index is 13.6. The van der Waals surface area contributed by atoms with E-state index in [0.29, 0.717) is 19.6 Å². The average Bonchev–Trinajstić information content (AvgIpc) is 3.32. The van der Waals surface area contributed by atoms with Crippen LogP contribution in [0.15, 0.2) is 101 Å². The second-order valence-electron chi connectivity index (χ2n) is 12.2. The normalized spacial score (nSPS) is 19.1. The molecule has 4 rings (SSSR count). The first-order chi connectivity index (χ1) is 22.2. The van der Waals surface area contributed by atoms with Crippen molar-refractivity contribution in [1.29, 1.82) is 0 Å². The Labute approximate surface area is 274 Å². The highest BCUT2D eigenvalue weighted by atomic mass is 19.1. The van der Waals surface area contributed by atoms with Gasteiger partial charge < -0.3 is 29.5 Å². The van der Waals surface area contributed by atoms with Gasteiger partial charge in [-0.2, -0.15) is 0 Å². The third-order valence-electron chi connectivity index (χ3n) is 8.42. The van der Waals surface area contributed by atoms with Crippen LogP contribution in [-0.4, -0.2) is 74.7 Å². The van der Waals surface area contributed by atoms with Crippen LogP contribution in [0.4, 0.5) is 4.39 Å². The fraction of sp³-hybridized carbons (Fsp3) is 0.447. The van der Waals surface area contributed by atoms with Crippen molar-refractivity contribution in [3.05, 3.63) is 102 Å². The number of halogens is 1. The molecule has 2 aliphatic rings. The minimum Gasteiger partial charge on any atom is -0.460 e. The molecule has 2 aromatic rings. The molecule has 248 valence electrons. The first kappa shape index (κ1) is 35.3. The standard InChI is InChI=1S/C38H50FN3O4/c1-27(2)36(46-35-16-14-30(15-17-35)31-11-8-12-33(39)24-31)25-41-28(3)13-18-37(40-4)42-21-19-34(20-22-42)45-26-29-9-6-7-10-32(23-29)38(43)44-5/h6-8,11-18,23-24,28-29,34,38,41,43H,9-10,19-22,25-26H2,1-5H3/b18-13-,40-37?. The summed E-state index contributed by atoms with van der Waals surface area (Å²) in [5, 5.41) is 13.6. The number of methoxy groups -OCH3 is 1. The van der Waals surface area contributed by atoms with Crippen LogP contribution in [0.2, 0.25) is 0 Å². The van der Waals surface area contributed by atoms with Crippen LogP contribution in [0.3, 0.4) is 0 Å². The van der Waals surface area contributed by atoms with E-state index in [0.717, 1.165) is 72.0 Å². The van der Waals surface area contributed by atoms with E-state index < -0.39 is 6.29 Å². The summed E-state index contributed by atoms with van der Waals surface area (Å²) in [5.74, 6) is 2.57. The number of likely N-dealkylation sites (tertiary alicyclic amines) is 1. The molecule has 8 heteroatoms. The highest BCUT2D eigenvalue weighted by molar-refractivity contribution is 5.93. The van der Waals surface area contributed by atoms with E-state index in [1.807, 2.05) is 51.2 Å². The Balaban J connectivity index is 1.21. The number of nitrogens with zero attached hydrogens (tertiary/aromatic N) is 2. The summed E-state index contributed by atoms with van der Waals surface area (Å²) < 4.78 is 31.3. The number of piperidine rings is 1. The molecule has 3 atom stereocenters. The predicted octanol–water partition coefficient (Wildman–Crippen LogP) is 7.07. The smallest absolute Gasteiger partial charge is 0.177 e. The van der Waals surface area contributed by atoms with Gasteiger partial charge in [0.15, 0.2) is 6.29 Å². The third kappa shape index (κ3) is 10.8. The third-order valence-corrected chi connectivity index (χ3v) is 8.42. The lowest BCUT2D eigenvalue weighted by atomic mass is 10.0. The number of aliphatic hydroxyl groups excluding tert-OH is 1. The van der Waals surface area contributed by atoms with Crippen LogP contribution in [0.1, 0.15) is 46.5 Å². The lowest BCUT2D eigenvalue weighted by molar-refractivity contribution is -0.0466. The first-order valence-corrected chi connectivity index (χ1v) is 16.3. The number of benzene rings is 2. The van der Waals surface area contributed by atoms with Gasteiger partial charge in [-0.3, -0.25) is 4.99 Å². The van der Waals surface area contributed by atoms with Gasteiger partial charge in [0.2, 0.25) is 0 Å². The van der Waals surface area contributed by atoms with Crippen LogP contribution < -0.4 is 10.1 Å². The Bertz CT molecular complexity index is 1400. The first-order valence-electron chi connectivity index (χ1n) is 16.3. The zero-order valence-electron chi connectivity index (χ0n) is 27.9. The molecule has 46 heavy (non-hydrogen) atoms. The monoisotopic (exact) mass is 631 g/mol. The number of nitrogens with one attached hydrogen (secondary N) is 1. The van der Waals surface area contributed by atoms with Crippen LogP contribution in [0.25, 0.3) is 11.1 Å². The van der Waals surface area contributed by atoms with Gasteiger partial charge >= 0.3 is 0 Å². The number of ether oxygens (including phenoxy) is 3. The molecule has 1 fully saturated rings. The maximum Gasteiger partial charge on any atom is 0.177 e. The summed E-state index contributed by atoms with van der Waals surface area (Å²) in [6.45, 7) is 9.22. The summed E-state index contributed by atoms with van der Waals surface area (Å²) in [6.07, 6.45) is 13.5. The Hall–Kier alpha value is -3.56. The summed E-state index contributed by atoms with van der Waals surface area (Å²) >= 11 is 0. The molecular weight excluding hydrogens is 581 g/mol. The SMILES string of the molecule is CN=C(/C=C\C(C)NCC(Oc1ccc(-c2cccc(F)c2)cc1)=C(C)C)N1CCC(OCC2C=C(C(O)OC)CC=CC2)CC1. The minimum absolute atomic E-state index is 0.106. The fourth-order valence-corrected chi connectivity index (χ4v) is 5.61. The van der Waals surface area contributed by atoms with Crippen molar-refractivity contribution in [3.8, 4) is 16.9 Å². The zero-order valence-corrected chi connectivity index (χ0v) is 27.9. The number of allylic oxidation sites excluding steroid dienone is 3. The van der Waals surface area contributed by atoms with Gasteiger partial charge in [-0.25, -0.2) is 4.39 Å². The van der Waals surface area contributed by atoms with Gasteiger partial charge in [-0.1, -0.05) is 48.6 Å². The van der Waals surface area contributed by atoms with Crippen molar-refractivity contribution < 1.29 is 23.7 Å². The molecule has 2 N–H and O–H groups in total.